The Balaban J connectivity index is 1.20. The number of thioether (sulfide) groups is 1. The number of fused-ring (bicyclic) bond motifs is 3. The van der Waals surface area contributed by atoms with Gasteiger partial charge in [0.05, 0.1) is 18.3 Å². The number of cyclic esters (lactones) is 1. The van der Waals surface area contributed by atoms with E-state index in [1.807, 2.05) is 19.9 Å². The number of hydrogen-bond donors (Lipinski definition) is 0. The fourth-order valence-electron chi connectivity index (χ4n) is 7.67. The second-order valence-electron chi connectivity index (χ2n) is 13.0. The molecule has 1 aromatic rings. The summed E-state index contributed by atoms with van der Waals surface area (Å²) in [6.07, 6.45) is 6.94. The smallest absolute Gasteiger partial charge is 0.337 e. The lowest BCUT2D eigenvalue weighted by Gasteiger charge is -2.63. The second kappa shape index (κ2) is 11.8. The molecule has 2 aliphatic heterocycles. The van der Waals surface area contributed by atoms with E-state index in [1.165, 1.54) is 17.7 Å². The summed E-state index contributed by atoms with van der Waals surface area (Å²) in [5, 5.41) is 0. The van der Waals surface area contributed by atoms with Gasteiger partial charge in [0.2, 0.25) is 0 Å². The topological polar surface area (TPSA) is 71.1 Å². The van der Waals surface area contributed by atoms with Crippen molar-refractivity contribution in [1.82, 2.24) is 0 Å². The molecule has 4 aliphatic rings. The number of hydrogen-bond acceptors (Lipinski definition) is 7. The van der Waals surface area contributed by atoms with E-state index in [1.54, 1.807) is 23.9 Å². The van der Waals surface area contributed by atoms with Gasteiger partial charge in [-0.25, -0.2) is 9.18 Å². The van der Waals surface area contributed by atoms with Crippen LogP contribution in [0.4, 0.5) is 4.39 Å². The van der Waals surface area contributed by atoms with Crippen molar-refractivity contribution >= 4 is 23.7 Å². The lowest BCUT2D eigenvalue weighted by Crippen LogP contribution is -2.62. The van der Waals surface area contributed by atoms with E-state index in [-0.39, 0.29) is 47.7 Å². The van der Waals surface area contributed by atoms with Gasteiger partial charge in [0.1, 0.15) is 12.4 Å². The Kier molecular flexibility index (Phi) is 8.76. The van der Waals surface area contributed by atoms with E-state index in [0.29, 0.717) is 36.7 Å². The van der Waals surface area contributed by atoms with Crippen molar-refractivity contribution in [3.8, 4) is 0 Å². The first-order valence-corrected chi connectivity index (χ1v) is 15.8. The van der Waals surface area contributed by atoms with Crippen molar-refractivity contribution in [2.45, 2.75) is 95.5 Å². The molecular weight excluding hydrogens is 543 g/mol. The minimum Gasteiger partial charge on any atom is -0.458 e. The van der Waals surface area contributed by atoms with Crippen molar-refractivity contribution < 1.29 is 32.9 Å². The molecule has 0 spiro atoms. The Morgan fingerprint density at radius 3 is 2.68 bits per heavy atom. The van der Waals surface area contributed by atoms with Crippen LogP contribution in [0, 0.1) is 28.5 Å². The fourth-order valence-corrected chi connectivity index (χ4v) is 8.52. The van der Waals surface area contributed by atoms with Crippen molar-refractivity contribution in [3.63, 3.8) is 0 Å². The minimum atomic E-state index is -0.684. The van der Waals surface area contributed by atoms with E-state index < -0.39 is 17.9 Å². The highest BCUT2D eigenvalue weighted by atomic mass is 32.2. The molecule has 0 amide bonds. The Hall–Kier alpha value is -2.16. The first-order valence-electron chi connectivity index (χ1n) is 14.9. The average molecular weight is 587 g/mol. The summed E-state index contributed by atoms with van der Waals surface area (Å²) in [5.41, 5.74) is 1.58. The molecule has 0 aromatic heterocycles. The van der Waals surface area contributed by atoms with E-state index in [9.17, 15) is 14.0 Å². The van der Waals surface area contributed by atoms with Crippen molar-refractivity contribution in [3.05, 3.63) is 53.9 Å². The van der Waals surface area contributed by atoms with Gasteiger partial charge in [-0.3, -0.25) is 4.79 Å². The molecular formula is C33H43FO6S. The zero-order valence-electron chi connectivity index (χ0n) is 24.7. The average Bonchev–Trinajstić information content (AvgIpc) is 3.26. The predicted molar refractivity (Wildman–Crippen MR) is 156 cm³/mol. The predicted octanol–water partition coefficient (Wildman–Crippen LogP) is 7.02. The third-order valence-corrected chi connectivity index (χ3v) is 11.0. The first-order chi connectivity index (χ1) is 19.4. The largest absolute Gasteiger partial charge is 0.458 e. The highest BCUT2D eigenvalue weighted by Crippen LogP contribution is 2.63. The summed E-state index contributed by atoms with van der Waals surface area (Å²) in [7, 11) is 0. The van der Waals surface area contributed by atoms with E-state index in [4.69, 9.17) is 18.9 Å². The number of ether oxygens (including phenoxy) is 4. The van der Waals surface area contributed by atoms with Gasteiger partial charge in [0, 0.05) is 16.7 Å². The van der Waals surface area contributed by atoms with Crippen LogP contribution in [-0.4, -0.2) is 48.9 Å². The zero-order valence-corrected chi connectivity index (χ0v) is 25.5. The van der Waals surface area contributed by atoms with Gasteiger partial charge in [-0.1, -0.05) is 32.1 Å². The van der Waals surface area contributed by atoms with Crippen LogP contribution in [0.15, 0.2) is 53.0 Å². The standard InChI is InChI=1S/C33H43FO6S/c1-21-8-15-27-32(4,17-16-28-33(27,5)20-38-31(2,3)40-28)25(21)14-13-24-26(19-37-30(24)36)39-29(35)7-6-18-41-23-11-9-22(34)10-12-23/h9-13,25-28H,1,6-8,14-20H2,2-5H3/b24-13+/t25-,26-,27+,28-,32+,33+/m1/s1. The number of halogens is 1. The van der Waals surface area contributed by atoms with Gasteiger partial charge < -0.3 is 18.9 Å². The third kappa shape index (κ3) is 6.30. The lowest BCUT2D eigenvalue weighted by molar-refractivity contribution is -0.344. The summed E-state index contributed by atoms with van der Waals surface area (Å²) in [6.45, 7) is 13.9. The van der Waals surface area contributed by atoms with E-state index in [0.717, 1.165) is 30.6 Å². The van der Waals surface area contributed by atoms with Crippen LogP contribution in [0.5, 0.6) is 0 Å². The molecule has 2 heterocycles. The molecule has 2 saturated carbocycles. The first kappa shape index (κ1) is 30.3. The molecule has 0 N–H and O–H groups in total. The van der Waals surface area contributed by atoms with Crippen molar-refractivity contribution in [1.29, 1.82) is 0 Å². The molecule has 2 aliphatic carbocycles. The van der Waals surface area contributed by atoms with Gasteiger partial charge in [-0.05, 0) is 99.6 Å². The molecule has 8 heteroatoms. The Morgan fingerprint density at radius 2 is 1.93 bits per heavy atom. The Morgan fingerprint density at radius 1 is 1.17 bits per heavy atom. The minimum absolute atomic E-state index is 0.00270. The van der Waals surface area contributed by atoms with Crippen LogP contribution < -0.4 is 0 Å². The van der Waals surface area contributed by atoms with Crippen LogP contribution in [-0.2, 0) is 28.5 Å². The maximum Gasteiger partial charge on any atom is 0.337 e. The summed E-state index contributed by atoms with van der Waals surface area (Å²) in [5.74, 6) is -0.261. The summed E-state index contributed by atoms with van der Waals surface area (Å²) < 4.78 is 36.7. The summed E-state index contributed by atoms with van der Waals surface area (Å²) in [6, 6.07) is 6.30. The number of esters is 2. The normalized spacial score (nSPS) is 35.5. The lowest BCUT2D eigenvalue weighted by atomic mass is 9.46. The molecule has 1 aromatic carbocycles. The molecule has 0 bridgehead atoms. The quantitative estimate of drug-likeness (QED) is 0.107. The number of carbonyl (C=O) groups excluding carboxylic acids is 2. The van der Waals surface area contributed by atoms with Crippen molar-refractivity contribution in [2.75, 3.05) is 19.0 Å². The number of allylic oxidation sites excluding steroid dienone is 2. The van der Waals surface area contributed by atoms with E-state index in [2.05, 4.69) is 20.4 Å². The molecule has 224 valence electrons. The van der Waals surface area contributed by atoms with Crippen LogP contribution in [0.3, 0.4) is 0 Å². The second-order valence-corrected chi connectivity index (χ2v) is 14.2. The third-order valence-electron chi connectivity index (χ3n) is 9.88. The molecule has 41 heavy (non-hydrogen) atoms. The van der Waals surface area contributed by atoms with Crippen LogP contribution in [0.1, 0.15) is 72.6 Å². The summed E-state index contributed by atoms with van der Waals surface area (Å²) in [4.78, 5) is 26.2. The Labute approximate surface area is 247 Å². The molecule has 6 atom stereocenters. The van der Waals surface area contributed by atoms with Gasteiger partial charge in [0.15, 0.2) is 11.9 Å². The van der Waals surface area contributed by atoms with Gasteiger partial charge >= 0.3 is 11.9 Å². The van der Waals surface area contributed by atoms with E-state index >= 15 is 0 Å². The molecule has 0 radical (unpaired) electrons. The molecule has 4 fully saturated rings. The highest BCUT2D eigenvalue weighted by molar-refractivity contribution is 7.99. The Bertz CT molecular complexity index is 1190. The SMILES string of the molecule is C=C1CC[C@@H]2[C@]3(C)COC(C)(C)O[C@@H]3CC[C@@]2(C)[C@@H]1C/C=C1/C(=O)OC[C@H]1OC(=O)CCCSc1ccc(F)cc1. The number of rotatable bonds is 8. The number of carbonyl (C=O) groups is 2. The molecule has 6 nitrogen and oxygen atoms in total. The monoisotopic (exact) mass is 586 g/mol. The van der Waals surface area contributed by atoms with Crippen LogP contribution in [0.25, 0.3) is 0 Å². The highest BCUT2D eigenvalue weighted by Gasteiger charge is 2.60. The van der Waals surface area contributed by atoms with Crippen LogP contribution in [0.2, 0.25) is 0 Å². The van der Waals surface area contributed by atoms with Gasteiger partial charge in [-0.15, -0.1) is 11.8 Å². The number of benzene rings is 1. The van der Waals surface area contributed by atoms with Gasteiger partial charge in [-0.2, -0.15) is 0 Å². The maximum atomic E-state index is 13.1. The fraction of sp³-hybridized carbons (Fsp3) is 0.636. The van der Waals surface area contributed by atoms with Crippen molar-refractivity contribution in [2.24, 2.45) is 22.7 Å². The molecule has 0 unspecified atom stereocenters. The van der Waals surface area contributed by atoms with Crippen LogP contribution >= 0.6 is 11.8 Å². The molecule has 2 saturated heterocycles. The van der Waals surface area contributed by atoms with Gasteiger partial charge in [0.25, 0.3) is 0 Å². The maximum absolute atomic E-state index is 13.1. The molecule has 5 rings (SSSR count). The summed E-state index contributed by atoms with van der Waals surface area (Å²) >= 11 is 1.57. The zero-order chi connectivity index (χ0) is 29.4.